The molecular weight excluding hydrogens is 691 g/mol. The average molecular weight is 745 g/mol. The molecule has 1 unspecified atom stereocenters. The molecule has 0 aromatic heterocycles. The van der Waals surface area contributed by atoms with Crippen LogP contribution >= 0.6 is 24.8 Å². The Balaban J connectivity index is 0.000000620. The van der Waals surface area contributed by atoms with Gasteiger partial charge >= 0.3 is 28.4 Å². The molecular formula is C44H54Cl2Zr-4. The molecule has 4 aromatic rings. The van der Waals surface area contributed by atoms with Crippen LogP contribution in [0.15, 0.2) is 84.5 Å². The van der Waals surface area contributed by atoms with Gasteiger partial charge in [-0.05, 0) is 37.0 Å². The first-order valence-corrected chi connectivity index (χ1v) is 17.6. The third kappa shape index (κ3) is 14.4. The number of allylic oxidation sites excluding steroid dienone is 4. The minimum absolute atomic E-state index is 0. The van der Waals surface area contributed by atoms with Crippen LogP contribution in [-0.4, -0.2) is 4.21 Å². The van der Waals surface area contributed by atoms with E-state index in [4.69, 9.17) is 0 Å². The molecule has 6 rings (SSSR count). The number of halogens is 2. The van der Waals surface area contributed by atoms with Gasteiger partial charge in [0.15, 0.2) is 0 Å². The quantitative estimate of drug-likeness (QED) is 0.150. The van der Waals surface area contributed by atoms with E-state index < -0.39 is 0 Å². The van der Waals surface area contributed by atoms with Crippen LogP contribution in [-0.2, 0) is 30.7 Å². The number of aryl methyl sites for hydroxylation is 6. The summed E-state index contributed by atoms with van der Waals surface area (Å²) in [7, 11) is 0. The second-order valence-electron chi connectivity index (χ2n) is 13.3. The van der Waals surface area contributed by atoms with Crippen LogP contribution < -0.4 is 0 Å². The molecule has 3 heteroatoms. The molecule has 0 fully saturated rings. The van der Waals surface area contributed by atoms with Gasteiger partial charge in [0.1, 0.15) is 0 Å². The molecule has 0 radical (unpaired) electrons. The van der Waals surface area contributed by atoms with Gasteiger partial charge in [-0.15, -0.1) is 35.9 Å². The van der Waals surface area contributed by atoms with E-state index in [0.29, 0.717) is 11.8 Å². The Morgan fingerprint density at radius 1 is 0.723 bits per heavy atom. The summed E-state index contributed by atoms with van der Waals surface area (Å²) in [6, 6.07) is 32.2. The maximum absolute atomic E-state index is 3.54. The molecule has 1 atom stereocenters. The molecule has 0 nitrogen and oxygen atoms in total. The van der Waals surface area contributed by atoms with Crippen molar-refractivity contribution in [3.63, 3.8) is 0 Å². The van der Waals surface area contributed by atoms with Crippen LogP contribution in [0.2, 0.25) is 0 Å². The van der Waals surface area contributed by atoms with Gasteiger partial charge < -0.3 is 0 Å². The van der Waals surface area contributed by atoms with Crippen LogP contribution in [0.1, 0.15) is 79.1 Å². The van der Waals surface area contributed by atoms with Crippen LogP contribution in [0.4, 0.5) is 0 Å². The molecule has 0 amide bonds. The number of benzene rings is 4. The monoisotopic (exact) mass is 742 g/mol. The van der Waals surface area contributed by atoms with E-state index in [1.807, 2.05) is 48.5 Å². The second-order valence-corrected chi connectivity index (χ2v) is 13.3. The van der Waals surface area contributed by atoms with Crippen molar-refractivity contribution in [1.29, 1.82) is 0 Å². The van der Waals surface area contributed by atoms with Crippen molar-refractivity contribution < 1.29 is 24.2 Å². The van der Waals surface area contributed by atoms with Gasteiger partial charge in [-0.3, -0.25) is 6.08 Å². The molecule has 0 N–H and O–H groups in total. The van der Waals surface area contributed by atoms with E-state index in [1.54, 1.807) is 0 Å². The van der Waals surface area contributed by atoms with Gasteiger partial charge in [-0.25, -0.2) is 6.08 Å². The first kappa shape index (κ1) is 44.7. The normalized spacial score (nSPS) is 13.2. The summed E-state index contributed by atoms with van der Waals surface area (Å²) in [4.78, 5) is 0. The molecule has 2 aliphatic rings. The van der Waals surface area contributed by atoms with E-state index in [2.05, 4.69) is 135 Å². The number of rotatable bonds is 1. The zero-order chi connectivity index (χ0) is 33.7. The summed E-state index contributed by atoms with van der Waals surface area (Å²) < 4.78 is 3.34. The third-order valence-electron chi connectivity index (χ3n) is 8.14. The summed E-state index contributed by atoms with van der Waals surface area (Å²) in [5, 5.41) is 0. The molecule has 47 heavy (non-hydrogen) atoms. The zero-order valence-corrected chi connectivity index (χ0v) is 34.5. The fourth-order valence-corrected chi connectivity index (χ4v) is 4.91. The SMILES string of the molecule is CC(C)C1[C-]=CC(C(C)(C)C)=C1.Cc1[c-]c2c(cc1C)-c1cc(C)c(C)cc1C2.Cc1cc[c-]cc1.Cc1cc[c-]cc1.Cl.Cl.[CH2]=[Zr]. The van der Waals surface area contributed by atoms with E-state index in [1.165, 1.54) is 85.4 Å². The molecule has 0 aliphatic heterocycles. The average Bonchev–Trinajstić information content (AvgIpc) is 3.63. The van der Waals surface area contributed by atoms with Crippen molar-refractivity contribution in [1.82, 2.24) is 0 Å². The van der Waals surface area contributed by atoms with Crippen molar-refractivity contribution in [2.75, 3.05) is 0 Å². The Kier molecular flexibility index (Phi) is 20.6. The van der Waals surface area contributed by atoms with Crippen molar-refractivity contribution in [2.24, 2.45) is 17.3 Å². The van der Waals surface area contributed by atoms with Crippen LogP contribution in [0.3, 0.4) is 0 Å². The topological polar surface area (TPSA) is 0 Å². The molecule has 0 heterocycles. The van der Waals surface area contributed by atoms with Crippen molar-refractivity contribution >= 4 is 29.0 Å². The third-order valence-corrected chi connectivity index (χ3v) is 8.14. The Morgan fingerprint density at radius 2 is 1.19 bits per heavy atom. The Bertz CT molecular complexity index is 1470. The van der Waals surface area contributed by atoms with Crippen molar-refractivity contribution in [2.45, 2.75) is 82.6 Å². The fourth-order valence-electron chi connectivity index (χ4n) is 4.91. The van der Waals surface area contributed by atoms with Crippen LogP contribution in [0.25, 0.3) is 11.1 Å². The molecule has 0 saturated heterocycles. The molecule has 2 aliphatic carbocycles. The van der Waals surface area contributed by atoms with E-state index in [9.17, 15) is 0 Å². The van der Waals surface area contributed by atoms with Gasteiger partial charge in [0.05, 0.1) is 0 Å². The van der Waals surface area contributed by atoms with E-state index in [-0.39, 0.29) is 30.2 Å². The fraction of sp³-hybridized carbons (Fsp3) is 0.341. The summed E-state index contributed by atoms with van der Waals surface area (Å²) in [5.74, 6) is 1.22. The Labute approximate surface area is 315 Å². The minimum atomic E-state index is 0. The van der Waals surface area contributed by atoms with Crippen LogP contribution in [0, 0.1) is 83.1 Å². The standard InChI is InChI=1S/C17H17.C12H19.2C7H7.CH2.2ClH.Zr/c1-10-5-14-9-15-6-11(2)13(4)8-17(15)16(14)7-12(10)3;1-9(2)10-6-7-11(8-10)12(3,4)5;2*1-7-5-3-2-4-6-7;;;;/h5,7-8H,9H2,1-4H3;7-10H,1-5H3;2*3-6H,1H3;1H2;2*1H;/q4*-1;;;;. The Hall–Kier alpha value is -2.31. The number of hydrogen-bond donors (Lipinski definition) is 0. The molecule has 0 spiro atoms. The van der Waals surface area contributed by atoms with Gasteiger partial charge in [0.25, 0.3) is 0 Å². The summed E-state index contributed by atoms with van der Waals surface area (Å²) in [6.45, 7) is 24.1. The molecule has 252 valence electrons. The zero-order valence-electron chi connectivity index (χ0n) is 30.4. The first-order valence-electron chi connectivity index (χ1n) is 15.9. The van der Waals surface area contributed by atoms with Gasteiger partial charge in [0.2, 0.25) is 0 Å². The molecule has 0 bridgehead atoms. The first-order chi connectivity index (χ1) is 21.3. The maximum atomic E-state index is 3.54. The predicted molar refractivity (Wildman–Crippen MR) is 208 cm³/mol. The van der Waals surface area contributed by atoms with Gasteiger partial charge in [-0.2, -0.15) is 107 Å². The summed E-state index contributed by atoms with van der Waals surface area (Å²) >= 11 is 1.30. The van der Waals surface area contributed by atoms with E-state index in [0.717, 1.165) is 6.42 Å². The number of fused-ring (bicyclic) bond motifs is 3. The number of hydrogen-bond acceptors (Lipinski definition) is 0. The Morgan fingerprint density at radius 3 is 1.57 bits per heavy atom. The predicted octanol–water partition coefficient (Wildman–Crippen LogP) is 12.3. The van der Waals surface area contributed by atoms with Crippen molar-refractivity contribution in [3.8, 4) is 11.1 Å². The summed E-state index contributed by atoms with van der Waals surface area (Å²) in [5.41, 5.74) is 15.3. The van der Waals surface area contributed by atoms with Gasteiger partial charge in [-0.1, -0.05) is 97.3 Å². The molecule has 4 aromatic carbocycles. The van der Waals surface area contributed by atoms with Crippen LogP contribution in [0.5, 0.6) is 0 Å². The van der Waals surface area contributed by atoms with Crippen molar-refractivity contribution in [3.05, 3.63) is 153 Å². The summed E-state index contributed by atoms with van der Waals surface area (Å²) in [6.07, 6.45) is 8.95. The van der Waals surface area contributed by atoms with E-state index >= 15 is 0 Å². The second kappa shape index (κ2) is 21.6. The molecule has 0 saturated carbocycles. The van der Waals surface area contributed by atoms with Gasteiger partial charge in [0, 0.05) is 0 Å².